The fraction of sp³-hybridized carbons (Fsp3) is 0.444. The van der Waals surface area contributed by atoms with Crippen LogP contribution in [0.3, 0.4) is 0 Å². The van der Waals surface area contributed by atoms with E-state index in [9.17, 15) is 9.59 Å². The van der Waals surface area contributed by atoms with E-state index in [4.69, 9.17) is 23.7 Å². The third kappa shape index (κ3) is 10.2. The Bertz CT molecular complexity index is 1460. The van der Waals surface area contributed by atoms with Crippen molar-refractivity contribution in [3.05, 3.63) is 78.5 Å². The molecule has 1 N–H and O–H groups in total. The minimum atomic E-state index is -0.296. The molecule has 1 aliphatic heterocycles. The van der Waals surface area contributed by atoms with E-state index >= 15 is 0 Å². The number of carbonyl (C=O) groups excluding carboxylic acids is 2. The molecule has 1 aromatic heterocycles. The number of nitrogens with one attached hydrogen (secondary N) is 1. The van der Waals surface area contributed by atoms with Gasteiger partial charge in [0.05, 0.1) is 50.6 Å². The van der Waals surface area contributed by atoms with Crippen molar-refractivity contribution in [3.63, 3.8) is 0 Å². The number of piperazine rings is 1. The number of nitrogens with zero attached hydrogens (tertiary/aromatic N) is 2. The predicted molar refractivity (Wildman–Crippen MR) is 180 cm³/mol. The Morgan fingerprint density at radius 1 is 1.07 bits per heavy atom. The molecular weight excluding hydrogens is 586 g/mol. The van der Waals surface area contributed by atoms with Crippen LogP contribution < -0.4 is 19.7 Å². The smallest absolute Gasteiger partial charge is 0.302 e. The van der Waals surface area contributed by atoms with Crippen LogP contribution in [0.1, 0.15) is 33.6 Å². The van der Waals surface area contributed by atoms with Gasteiger partial charge in [-0.25, -0.2) is 0 Å². The summed E-state index contributed by atoms with van der Waals surface area (Å²) in [5.74, 6) is 1.14. The van der Waals surface area contributed by atoms with Gasteiger partial charge in [-0.1, -0.05) is 18.2 Å². The lowest BCUT2D eigenvalue weighted by Gasteiger charge is -2.36. The molecule has 248 valence electrons. The third-order valence-corrected chi connectivity index (χ3v) is 7.83. The van der Waals surface area contributed by atoms with Gasteiger partial charge >= 0.3 is 5.97 Å². The number of aromatic nitrogens is 1. The number of anilines is 1. The van der Waals surface area contributed by atoms with E-state index in [0.29, 0.717) is 51.9 Å². The van der Waals surface area contributed by atoms with Gasteiger partial charge in [0.15, 0.2) is 0 Å². The zero-order valence-electron chi connectivity index (χ0n) is 27.4. The Morgan fingerprint density at radius 2 is 1.87 bits per heavy atom. The number of methoxy groups -OCH3 is 1. The number of allylic oxidation sites excluding steroid dienone is 3. The highest BCUT2D eigenvalue weighted by atomic mass is 16.5. The van der Waals surface area contributed by atoms with Crippen molar-refractivity contribution in [2.45, 2.75) is 52.3 Å². The van der Waals surface area contributed by atoms with Crippen molar-refractivity contribution in [1.82, 2.24) is 9.88 Å². The third-order valence-electron chi connectivity index (χ3n) is 7.83. The van der Waals surface area contributed by atoms with E-state index in [1.165, 1.54) is 6.92 Å². The van der Waals surface area contributed by atoms with Gasteiger partial charge in [-0.15, -0.1) is 0 Å². The average Bonchev–Trinajstić information content (AvgIpc) is 3.46. The lowest BCUT2D eigenvalue weighted by Crippen LogP contribution is -2.57. The fourth-order valence-corrected chi connectivity index (χ4v) is 5.24. The summed E-state index contributed by atoms with van der Waals surface area (Å²) in [6, 6.07) is 15.4. The normalized spacial score (nSPS) is 16.3. The molecule has 1 aliphatic rings. The molecule has 2 heterocycles. The maximum atomic E-state index is 13.0. The minimum absolute atomic E-state index is 0.0117. The highest BCUT2D eigenvalue weighted by molar-refractivity contribution is 5.96. The van der Waals surface area contributed by atoms with Crippen LogP contribution in [-0.4, -0.2) is 81.8 Å². The van der Waals surface area contributed by atoms with Crippen molar-refractivity contribution in [1.29, 1.82) is 0 Å². The highest BCUT2D eigenvalue weighted by Crippen LogP contribution is 2.26. The summed E-state index contributed by atoms with van der Waals surface area (Å²) in [5.41, 5.74) is 2.92. The van der Waals surface area contributed by atoms with Crippen molar-refractivity contribution in [3.8, 4) is 11.5 Å². The number of hydrogen-bond donors (Lipinski definition) is 1. The highest BCUT2D eigenvalue weighted by Gasteiger charge is 2.30. The number of fused-ring (bicyclic) bond motifs is 1. The van der Waals surface area contributed by atoms with Crippen molar-refractivity contribution < 1.29 is 33.3 Å². The van der Waals surface area contributed by atoms with Crippen LogP contribution in [-0.2, 0) is 30.3 Å². The van der Waals surface area contributed by atoms with Gasteiger partial charge in [0.25, 0.3) is 0 Å². The Hall–Kier alpha value is -4.12. The van der Waals surface area contributed by atoms with Crippen molar-refractivity contribution >= 4 is 28.5 Å². The summed E-state index contributed by atoms with van der Waals surface area (Å²) in [7, 11) is 1.71. The number of hydrogen-bond acceptors (Lipinski definition) is 8. The van der Waals surface area contributed by atoms with Gasteiger partial charge in [-0.2, -0.15) is 0 Å². The topological polar surface area (TPSA) is 100 Å². The number of rotatable bonds is 18. The molecular formula is C36H47N3O7. The minimum Gasteiger partial charge on any atom is -0.494 e. The van der Waals surface area contributed by atoms with Crippen LogP contribution in [0.15, 0.2) is 78.5 Å². The van der Waals surface area contributed by atoms with Crippen molar-refractivity contribution in [2.75, 3.05) is 58.1 Å². The van der Waals surface area contributed by atoms with E-state index in [2.05, 4.69) is 17.5 Å². The molecule has 2 atom stereocenters. The zero-order valence-corrected chi connectivity index (χ0v) is 27.4. The second kappa shape index (κ2) is 18.1. The molecule has 0 saturated carbocycles. The molecule has 1 saturated heterocycles. The Kier molecular flexibility index (Phi) is 13.7. The van der Waals surface area contributed by atoms with E-state index in [1.807, 2.05) is 79.2 Å². The second-order valence-electron chi connectivity index (χ2n) is 11.1. The van der Waals surface area contributed by atoms with E-state index in [0.717, 1.165) is 40.8 Å². The van der Waals surface area contributed by atoms with Gasteiger partial charge in [0.2, 0.25) is 5.91 Å². The Labute approximate surface area is 271 Å². The lowest BCUT2D eigenvalue weighted by molar-refractivity contribution is -0.141. The van der Waals surface area contributed by atoms with E-state index in [-0.39, 0.29) is 30.6 Å². The number of ether oxygens (including phenoxy) is 5. The largest absolute Gasteiger partial charge is 0.494 e. The summed E-state index contributed by atoms with van der Waals surface area (Å²) in [6.07, 6.45) is 9.89. The summed E-state index contributed by atoms with van der Waals surface area (Å²) in [5, 5.41) is 4.27. The number of benzene rings is 2. The van der Waals surface area contributed by atoms with Gasteiger partial charge in [-0.3, -0.25) is 9.59 Å². The molecule has 46 heavy (non-hydrogen) atoms. The molecule has 2 aromatic carbocycles. The summed E-state index contributed by atoms with van der Waals surface area (Å²) in [6.45, 7) is 9.15. The quantitative estimate of drug-likeness (QED) is 0.114. The second-order valence-corrected chi connectivity index (χ2v) is 11.1. The molecule has 1 fully saturated rings. The number of amides is 1. The molecule has 0 spiro atoms. The molecule has 3 aromatic rings. The first-order chi connectivity index (χ1) is 22.4. The van der Waals surface area contributed by atoms with Crippen LogP contribution in [0.25, 0.3) is 10.9 Å². The van der Waals surface area contributed by atoms with Gasteiger partial charge in [-0.05, 0) is 73.7 Å². The number of esters is 1. The van der Waals surface area contributed by atoms with Gasteiger partial charge in [0, 0.05) is 44.9 Å². The molecule has 4 rings (SSSR count). The summed E-state index contributed by atoms with van der Waals surface area (Å²) < 4.78 is 30.6. The van der Waals surface area contributed by atoms with E-state index < -0.39 is 0 Å². The first kappa shape index (κ1) is 34.7. The van der Waals surface area contributed by atoms with Crippen LogP contribution >= 0.6 is 0 Å². The fourth-order valence-electron chi connectivity index (χ4n) is 5.24. The first-order valence-corrected chi connectivity index (χ1v) is 15.9. The van der Waals surface area contributed by atoms with Gasteiger partial charge < -0.3 is 38.5 Å². The van der Waals surface area contributed by atoms with Gasteiger partial charge in [0.1, 0.15) is 24.7 Å². The Balaban J connectivity index is 1.27. The van der Waals surface area contributed by atoms with Crippen LogP contribution in [0.4, 0.5) is 5.69 Å². The standard InChI is InChI=1S/C36H47N3O7/c1-5-6-7-9-30(27(2)42-4)25-43-19-8-20-45-33-14-11-31(12-15-33)39-32(23-37-24-36(39)41)26-46-34-13-10-29-16-17-38(35(29)22-34)18-21-44-28(3)40/h5-6,9-17,22,27,32,37H,7-8,18-21,23-26H2,1-4H3/b6-5-,30-9-/t27?,32-/m1/s1. The van der Waals surface area contributed by atoms with Crippen LogP contribution in [0.2, 0.25) is 0 Å². The maximum Gasteiger partial charge on any atom is 0.302 e. The first-order valence-electron chi connectivity index (χ1n) is 15.9. The lowest BCUT2D eigenvalue weighted by atomic mass is 10.1. The molecule has 0 aliphatic carbocycles. The number of carbonyl (C=O) groups is 2. The maximum absolute atomic E-state index is 13.0. The summed E-state index contributed by atoms with van der Waals surface area (Å²) >= 11 is 0. The molecule has 1 amide bonds. The SMILES string of the molecule is C/C=C\C/C=C(/COCCCOc1ccc(N2C(=O)CNC[C@@H]2COc2ccc3ccn(CCOC(C)=O)c3c2)cc1)C(C)OC. The zero-order chi connectivity index (χ0) is 32.7. The predicted octanol–water partition coefficient (Wildman–Crippen LogP) is 5.30. The molecule has 10 nitrogen and oxygen atoms in total. The van der Waals surface area contributed by atoms with Crippen LogP contribution in [0.5, 0.6) is 11.5 Å². The van der Waals surface area contributed by atoms with Crippen molar-refractivity contribution in [2.24, 2.45) is 0 Å². The Morgan fingerprint density at radius 3 is 2.63 bits per heavy atom. The molecule has 1 unspecified atom stereocenters. The van der Waals surface area contributed by atoms with Crippen LogP contribution in [0, 0.1) is 0 Å². The monoisotopic (exact) mass is 633 g/mol. The molecule has 0 bridgehead atoms. The molecule has 0 radical (unpaired) electrons. The summed E-state index contributed by atoms with van der Waals surface area (Å²) in [4.78, 5) is 25.9. The van der Waals surface area contributed by atoms with E-state index in [1.54, 1.807) is 12.0 Å². The molecule has 10 heteroatoms. The average molecular weight is 634 g/mol.